The van der Waals surface area contributed by atoms with Gasteiger partial charge in [0.2, 0.25) is 0 Å². The topological polar surface area (TPSA) is 69.7 Å². The molecule has 0 radical (unpaired) electrons. The number of carbonyl (C=O) groups excluding carboxylic acids is 1. The van der Waals surface area contributed by atoms with Crippen molar-refractivity contribution in [2.45, 2.75) is 23.8 Å². The fourth-order valence-corrected chi connectivity index (χ4v) is 4.61. The Morgan fingerprint density at radius 3 is 2.34 bits per heavy atom. The van der Waals surface area contributed by atoms with E-state index in [0.29, 0.717) is 19.1 Å². The maximum absolute atomic E-state index is 13.0. The highest BCUT2D eigenvalue weighted by atomic mass is 35.5. The Labute approximate surface area is 175 Å². The van der Waals surface area contributed by atoms with E-state index in [9.17, 15) is 17.6 Å². The number of anilines is 1. The summed E-state index contributed by atoms with van der Waals surface area (Å²) in [6.45, 7) is 1.17. The molecule has 0 atom stereocenters. The first-order chi connectivity index (χ1) is 13.7. The van der Waals surface area contributed by atoms with Crippen molar-refractivity contribution < 1.29 is 17.6 Å². The van der Waals surface area contributed by atoms with Gasteiger partial charge in [0, 0.05) is 24.8 Å². The van der Waals surface area contributed by atoms with Gasteiger partial charge in [-0.15, -0.1) is 0 Å². The second-order valence-electron chi connectivity index (χ2n) is 7.24. The van der Waals surface area contributed by atoms with Crippen LogP contribution in [0.3, 0.4) is 0 Å². The van der Waals surface area contributed by atoms with Crippen LogP contribution in [0.1, 0.15) is 23.2 Å². The number of hydrogen-bond donors (Lipinski definition) is 1. The molecule has 1 amide bonds. The minimum Gasteiger partial charge on any atom is -0.338 e. The van der Waals surface area contributed by atoms with Gasteiger partial charge in [0.15, 0.2) is 0 Å². The summed E-state index contributed by atoms with van der Waals surface area (Å²) in [4.78, 5) is 16.7. The standard InChI is InChI=1S/C20H23ClFN3O3S/c1-24(2)16-9-11-25(12-10-16)20(26)18-13-17(7-8-19(18)21)29(27,28)23-15-5-3-14(22)4-6-15/h3-8,13,16,23H,9-12H2,1-2H3. The van der Waals surface area contributed by atoms with Gasteiger partial charge < -0.3 is 9.80 Å². The Kier molecular flexibility index (Phi) is 6.45. The van der Waals surface area contributed by atoms with Crippen LogP contribution in [0.4, 0.5) is 10.1 Å². The molecule has 2 aromatic rings. The molecule has 1 aliphatic heterocycles. The number of nitrogens with one attached hydrogen (secondary N) is 1. The zero-order chi connectivity index (χ0) is 21.2. The van der Waals surface area contributed by atoms with Crippen LogP contribution in [-0.4, -0.2) is 57.4 Å². The molecule has 3 rings (SSSR count). The fraction of sp³-hybridized carbons (Fsp3) is 0.350. The van der Waals surface area contributed by atoms with Crippen molar-refractivity contribution in [2.75, 3.05) is 31.9 Å². The minimum atomic E-state index is -3.96. The van der Waals surface area contributed by atoms with Crippen LogP contribution in [0.25, 0.3) is 0 Å². The number of halogens is 2. The molecular weight excluding hydrogens is 417 g/mol. The monoisotopic (exact) mass is 439 g/mol. The van der Waals surface area contributed by atoms with Crippen molar-refractivity contribution in [2.24, 2.45) is 0 Å². The number of benzene rings is 2. The van der Waals surface area contributed by atoms with Gasteiger partial charge in [-0.2, -0.15) is 0 Å². The number of carbonyl (C=O) groups is 1. The molecule has 1 aliphatic rings. The van der Waals surface area contributed by atoms with E-state index >= 15 is 0 Å². The largest absolute Gasteiger partial charge is 0.338 e. The molecular formula is C20H23ClFN3O3S. The van der Waals surface area contributed by atoms with Crippen LogP contribution in [0.2, 0.25) is 5.02 Å². The van der Waals surface area contributed by atoms with Gasteiger partial charge in [0.05, 0.1) is 15.5 Å². The summed E-state index contributed by atoms with van der Waals surface area (Å²) in [5.41, 5.74) is 0.372. The van der Waals surface area contributed by atoms with Crippen LogP contribution >= 0.6 is 11.6 Å². The van der Waals surface area contributed by atoms with Crippen LogP contribution in [0.5, 0.6) is 0 Å². The lowest BCUT2D eigenvalue weighted by Crippen LogP contribution is -2.44. The van der Waals surface area contributed by atoms with Crippen molar-refractivity contribution >= 4 is 33.2 Å². The van der Waals surface area contributed by atoms with Gasteiger partial charge in [-0.1, -0.05) is 11.6 Å². The predicted octanol–water partition coefficient (Wildman–Crippen LogP) is 3.45. The highest BCUT2D eigenvalue weighted by Crippen LogP contribution is 2.25. The van der Waals surface area contributed by atoms with E-state index in [1.54, 1.807) is 4.90 Å². The van der Waals surface area contributed by atoms with Gasteiger partial charge in [-0.3, -0.25) is 9.52 Å². The lowest BCUT2D eigenvalue weighted by molar-refractivity contribution is 0.0663. The van der Waals surface area contributed by atoms with Crippen molar-refractivity contribution in [3.8, 4) is 0 Å². The molecule has 0 saturated carbocycles. The first kappa shape index (κ1) is 21.5. The van der Waals surface area contributed by atoms with E-state index in [-0.39, 0.29) is 27.1 Å². The highest BCUT2D eigenvalue weighted by Gasteiger charge is 2.27. The molecule has 6 nitrogen and oxygen atoms in total. The van der Waals surface area contributed by atoms with Crippen LogP contribution in [-0.2, 0) is 10.0 Å². The molecule has 1 heterocycles. The maximum Gasteiger partial charge on any atom is 0.261 e. The molecule has 0 unspecified atom stereocenters. The number of rotatable bonds is 5. The summed E-state index contributed by atoms with van der Waals surface area (Å²) in [6.07, 6.45) is 1.70. The zero-order valence-electron chi connectivity index (χ0n) is 16.2. The lowest BCUT2D eigenvalue weighted by Gasteiger charge is -2.35. The SMILES string of the molecule is CN(C)C1CCN(C(=O)c2cc(S(=O)(=O)Nc3ccc(F)cc3)ccc2Cl)CC1. The van der Waals surface area contributed by atoms with E-state index in [1.165, 1.54) is 30.3 Å². The van der Waals surface area contributed by atoms with Crippen LogP contribution in [0.15, 0.2) is 47.4 Å². The van der Waals surface area contributed by atoms with Gasteiger partial charge in [-0.05, 0) is 69.4 Å². The summed E-state index contributed by atoms with van der Waals surface area (Å²) in [5.74, 6) is -0.753. The average molecular weight is 440 g/mol. The van der Waals surface area contributed by atoms with Crippen molar-refractivity contribution in [3.05, 3.63) is 58.9 Å². The molecule has 156 valence electrons. The predicted molar refractivity (Wildman–Crippen MR) is 111 cm³/mol. The van der Waals surface area contributed by atoms with Gasteiger partial charge >= 0.3 is 0 Å². The van der Waals surface area contributed by atoms with Crippen molar-refractivity contribution in [3.63, 3.8) is 0 Å². The molecule has 0 aromatic heterocycles. The molecule has 1 fully saturated rings. The Bertz CT molecular complexity index is 989. The first-order valence-electron chi connectivity index (χ1n) is 9.21. The number of amides is 1. The van der Waals surface area contributed by atoms with Gasteiger partial charge in [0.1, 0.15) is 5.82 Å². The Morgan fingerprint density at radius 2 is 1.76 bits per heavy atom. The van der Waals surface area contributed by atoms with E-state index in [0.717, 1.165) is 25.0 Å². The summed E-state index contributed by atoms with van der Waals surface area (Å²) in [5, 5.41) is 0.200. The molecule has 0 bridgehead atoms. The van der Waals surface area contributed by atoms with Crippen LogP contribution < -0.4 is 4.72 Å². The summed E-state index contributed by atoms with van der Waals surface area (Å²) in [6, 6.07) is 9.41. The van der Waals surface area contributed by atoms with Crippen LogP contribution in [0, 0.1) is 5.82 Å². The van der Waals surface area contributed by atoms with E-state index in [2.05, 4.69) is 9.62 Å². The number of piperidine rings is 1. The average Bonchev–Trinajstić information content (AvgIpc) is 2.69. The Balaban J connectivity index is 1.80. The molecule has 9 heteroatoms. The third-order valence-electron chi connectivity index (χ3n) is 5.06. The number of likely N-dealkylation sites (tertiary alicyclic amines) is 1. The summed E-state index contributed by atoms with van der Waals surface area (Å²) in [7, 11) is 0.0725. The normalized spacial score (nSPS) is 15.6. The highest BCUT2D eigenvalue weighted by molar-refractivity contribution is 7.92. The second-order valence-corrected chi connectivity index (χ2v) is 9.33. The van der Waals surface area contributed by atoms with Gasteiger partial charge in [-0.25, -0.2) is 12.8 Å². The van der Waals surface area contributed by atoms with Gasteiger partial charge in [0.25, 0.3) is 15.9 Å². The lowest BCUT2D eigenvalue weighted by atomic mass is 10.0. The van der Waals surface area contributed by atoms with Crippen molar-refractivity contribution in [1.29, 1.82) is 0 Å². The van der Waals surface area contributed by atoms with Crippen molar-refractivity contribution in [1.82, 2.24) is 9.80 Å². The van der Waals surface area contributed by atoms with E-state index in [1.807, 2.05) is 14.1 Å². The number of sulfonamides is 1. The molecule has 0 aliphatic carbocycles. The van der Waals surface area contributed by atoms with E-state index < -0.39 is 15.8 Å². The number of hydrogen-bond acceptors (Lipinski definition) is 4. The molecule has 0 spiro atoms. The molecule has 1 N–H and O–H groups in total. The summed E-state index contributed by atoms with van der Waals surface area (Å²) >= 11 is 6.20. The smallest absolute Gasteiger partial charge is 0.261 e. The third kappa shape index (κ3) is 5.07. The first-order valence-corrected chi connectivity index (χ1v) is 11.1. The molecule has 1 saturated heterocycles. The van der Waals surface area contributed by atoms with E-state index in [4.69, 9.17) is 11.6 Å². The quantitative estimate of drug-likeness (QED) is 0.774. The fourth-order valence-electron chi connectivity index (χ4n) is 3.32. The Morgan fingerprint density at radius 1 is 1.14 bits per heavy atom. The maximum atomic E-state index is 13.0. The zero-order valence-corrected chi connectivity index (χ0v) is 17.8. The summed E-state index contributed by atoms with van der Waals surface area (Å²) < 4.78 is 40.8. The molecule has 2 aromatic carbocycles. The minimum absolute atomic E-state index is 0.0854. The second kappa shape index (κ2) is 8.69. The Hall–Kier alpha value is -2.16. The molecule has 29 heavy (non-hydrogen) atoms. The number of nitrogens with zero attached hydrogens (tertiary/aromatic N) is 2. The third-order valence-corrected chi connectivity index (χ3v) is 6.77.